The van der Waals surface area contributed by atoms with Crippen LogP contribution in [0.15, 0.2) is 17.0 Å². The van der Waals surface area contributed by atoms with Gasteiger partial charge in [-0.1, -0.05) is 23.2 Å². The molecule has 0 aliphatic heterocycles. The first kappa shape index (κ1) is 29.5. The highest BCUT2D eigenvalue weighted by molar-refractivity contribution is 6.00. The summed E-state index contributed by atoms with van der Waals surface area (Å²) in [6.45, 7) is 0.0405. The van der Waals surface area contributed by atoms with E-state index in [1.54, 1.807) is 0 Å². The van der Waals surface area contributed by atoms with E-state index in [1.165, 1.54) is 6.92 Å². The number of aryl methyl sites for hydroxylation is 1. The molecule has 0 spiro atoms. The molecule has 18 heteroatoms. The van der Waals surface area contributed by atoms with Crippen molar-refractivity contribution in [1.29, 1.82) is 0 Å². The fourth-order valence-electron chi connectivity index (χ4n) is 5.11. The van der Waals surface area contributed by atoms with Gasteiger partial charge in [0.15, 0.2) is 5.69 Å². The number of anilines is 1. The molecule has 0 saturated heterocycles. The van der Waals surface area contributed by atoms with Gasteiger partial charge < -0.3 is 10.6 Å². The molecule has 1 unspecified atom stereocenters. The van der Waals surface area contributed by atoms with E-state index in [0.29, 0.717) is 11.1 Å². The lowest BCUT2D eigenvalue weighted by Crippen LogP contribution is -2.50. The molecular formula is C24H27F6N9O3. The number of nitrogens with one attached hydrogen (secondary N) is 2. The lowest BCUT2D eigenvalue weighted by molar-refractivity contribution is -0.143. The molecular weight excluding hydrogens is 576 g/mol. The standard InChI is InChI=1S/C24H27F6N9O3/c1-12-18(36-42-35-12)21(40)33-19(14-4-6-23(26,27)7-5-14)22(41)32-15-10-38(34-20(15)25)16(8-13-2-3-13)17-9-31-37-39(17)11-24(28,29)30/h9-10,13-14,16,19H,2-8,11H2,1H3,(H,32,41)(H,33,40)/t16?,19-/m0/s1. The van der Waals surface area contributed by atoms with Crippen molar-refractivity contribution in [2.75, 3.05) is 5.32 Å². The topological polar surface area (TPSA) is 146 Å². The molecule has 2 amide bonds. The van der Waals surface area contributed by atoms with Crippen molar-refractivity contribution >= 4 is 17.5 Å². The predicted octanol–water partition coefficient (Wildman–Crippen LogP) is 3.82. The van der Waals surface area contributed by atoms with Crippen LogP contribution in [0.2, 0.25) is 0 Å². The number of carbonyl (C=O) groups excluding carboxylic acids is 2. The highest BCUT2D eigenvalue weighted by Gasteiger charge is 2.41. The number of hydrogen-bond acceptors (Lipinski definition) is 8. The first-order valence-corrected chi connectivity index (χ1v) is 13.3. The monoisotopic (exact) mass is 603 g/mol. The Bertz CT molecular complexity index is 1420. The van der Waals surface area contributed by atoms with Crippen LogP contribution >= 0.6 is 0 Å². The molecule has 0 aromatic carbocycles. The predicted molar refractivity (Wildman–Crippen MR) is 130 cm³/mol. The number of nitrogens with zero attached hydrogens (tertiary/aromatic N) is 7. The first-order chi connectivity index (χ1) is 19.8. The number of carbonyl (C=O) groups is 2. The van der Waals surface area contributed by atoms with Crippen LogP contribution in [0.25, 0.3) is 0 Å². The molecule has 12 nitrogen and oxygen atoms in total. The van der Waals surface area contributed by atoms with Crippen molar-refractivity contribution in [3.05, 3.63) is 35.4 Å². The Labute approximate surface area is 234 Å². The Kier molecular flexibility index (Phi) is 7.98. The van der Waals surface area contributed by atoms with Crippen LogP contribution in [-0.2, 0) is 11.3 Å². The summed E-state index contributed by atoms with van der Waals surface area (Å²) in [4.78, 5) is 26.2. The van der Waals surface area contributed by atoms with Gasteiger partial charge >= 0.3 is 6.18 Å². The zero-order valence-corrected chi connectivity index (χ0v) is 22.2. The van der Waals surface area contributed by atoms with Crippen molar-refractivity contribution in [3.63, 3.8) is 0 Å². The average Bonchev–Trinajstić information content (AvgIpc) is 3.24. The van der Waals surface area contributed by atoms with Crippen molar-refractivity contribution in [1.82, 2.24) is 40.4 Å². The second kappa shape index (κ2) is 11.4. The van der Waals surface area contributed by atoms with E-state index in [4.69, 9.17) is 0 Å². The Morgan fingerprint density at radius 3 is 2.50 bits per heavy atom. The molecule has 3 aromatic rings. The minimum Gasteiger partial charge on any atom is -0.338 e. The van der Waals surface area contributed by atoms with Crippen LogP contribution in [0.4, 0.5) is 32.0 Å². The first-order valence-electron chi connectivity index (χ1n) is 13.3. The molecule has 2 aliphatic carbocycles. The van der Waals surface area contributed by atoms with E-state index in [2.05, 4.69) is 41.0 Å². The van der Waals surface area contributed by atoms with E-state index in [1.807, 2.05) is 0 Å². The Morgan fingerprint density at radius 2 is 1.88 bits per heavy atom. The molecule has 5 rings (SSSR count). The largest absolute Gasteiger partial charge is 0.408 e. The molecule has 2 N–H and O–H groups in total. The number of halogens is 6. The average molecular weight is 604 g/mol. The van der Waals surface area contributed by atoms with Gasteiger partial charge in [0.05, 0.1) is 24.1 Å². The van der Waals surface area contributed by atoms with Crippen LogP contribution in [0, 0.1) is 24.7 Å². The second-order valence-electron chi connectivity index (χ2n) is 10.8. The van der Waals surface area contributed by atoms with E-state index in [9.17, 15) is 31.5 Å². The van der Waals surface area contributed by atoms with Gasteiger partial charge in [-0.05, 0) is 43.2 Å². The summed E-state index contributed by atoms with van der Waals surface area (Å²) in [5.74, 6) is -6.31. The van der Waals surface area contributed by atoms with E-state index in [0.717, 1.165) is 29.9 Å². The highest BCUT2D eigenvalue weighted by Crippen LogP contribution is 2.40. The Morgan fingerprint density at radius 1 is 1.17 bits per heavy atom. The Balaban J connectivity index is 1.38. The summed E-state index contributed by atoms with van der Waals surface area (Å²) in [6, 6.07) is -2.22. The van der Waals surface area contributed by atoms with Gasteiger partial charge in [-0.3, -0.25) is 14.3 Å². The summed E-state index contributed by atoms with van der Waals surface area (Å²) in [5.41, 5.74) is -0.421. The fourth-order valence-corrected chi connectivity index (χ4v) is 5.11. The van der Waals surface area contributed by atoms with E-state index < -0.39 is 72.9 Å². The zero-order chi connectivity index (χ0) is 30.2. The quantitative estimate of drug-likeness (QED) is 0.333. The lowest BCUT2D eigenvalue weighted by Gasteiger charge is -2.33. The van der Waals surface area contributed by atoms with E-state index in [-0.39, 0.29) is 35.8 Å². The number of aromatic nitrogens is 7. The van der Waals surface area contributed by atoms with Crippen LogP contribution in [0.1, 0.15) is 72.9 Å². The third-order valence-corrected chi connectivity index (χ3v) is 7.51. The molecule has 3 heterocycles. The smallest absolute Gasteiger partial charge is 0.338 e. The third-order valence-electron chi connectivity index (χ3n) is 7.51. The highest BCUT2D eigenvalue weighted by atomic mass is 19.4. The fraction of sp³-hybridized carbons (Fsp3) is 0.625. The maximum atomic E-state index is 15.1. The molecule has 0 bridgehead atoms. The van der Waals surface area contributed by atoms with Gasteiger partial charge in [0.25, 0.3) is 11.9 Å². The number of hydrogen-bond donors (Lipinski definition) is 2. The maximum Gasteiger partial charge on any atom is 0.408 e. The van der Waals surface area contributed by atoms with Gasteiger partial charge in [-0.2, -0.15) is 17.6 Å². The summed E-state index contributed by atoms with van der Waals surface area (Å²) >= 11 is 0. The van der Waals surface area contributed by atoms with Gasteiger partial charge in [0, 0.05) is 12.8 Å². The molecule has 0 radical (unpaired) electrons. The van der Waals surface area contributed by atoms with Crippen LogP contribution in [0.3, 0.4) is 0 Å². The molecule has 42 heavy (non-hydrogen) atoms. The number of rotatable bonds is 10. The Hall–Kier alpha value is -3.99. The molecule has 3 aromatic heterocycles. The zero-order valence-electron chi connectivity index (χ0n) is 22.2. The minimum absolute atomic E-state index is 0.0597. The molecule has 2 fully saturated rings. The molecule has 2 atom stereocenters. The molecule has 2 saturated carbocycles. The summed E-state index contributed by atoms with van der Waals surface area (Å²) in [5, 5.41) is 22.8. The summed E-state index contributed by atoms with van der Waals surface area (Å²) in [7, 11) is 0. The van der Waals surface area contributed by atoms with Gasteiger partial charge in [0.2, 0.25) is 11.8 Å². The van der Waals surface area contributed by atoms with Crippen molar-refractivity contribution < 1.29 is 40.6 Å². The van der Waals surface area contributed by atoms with Crippen LogP contribution < -0.4 is 10.6 Å². The van der Waals surface area contributed by atoms with Crippen molar-refractivity contribution in [2.45, 2.75) is 82.6 Å². The number of alkyl halides is 5. The van der Waals surface area contributed by atoms with Crippen molar-refractivity contribution in [2.24, 2.45) is 11.8 Å². The van der Waals surface area contributed by atoms with Gasteiger partial charge in [-0.25, -0.2) is 18.1 Å². The molecule has 2 aliphatic rings. The summed E-state index contributed by atoms with van der Waals surface area (Å²) in [6.07, 6.45) is -1.48. The maximum absolute atomic E-state index is 15.1. The normalized spacial score (nSPS) is 18.9. The SMILES string of the molecule is Cc1nonc1C(=O)N[C@H](C(=O)Nc1cn(C(CC2CC2)c2cnnn2CC(F)(F)F)nc1F)C1CCC(F)(F)CC1. The van der Waals surface area contributed by atoms with E-state index >= 15 is 4.39 Å². The second-order valence-corrected chi connectivity index (χ2v) is 10.8. The summed E-state index contributed by atoms with van der Waals surface area (Å²) < 4.78 is 88.4. The molecule has 228 valence electrons. The lowest BCUT2D eigenvalue weighted by atomic mass is 9.81. The third kappa shape index (κ3) is 6.89. The van der Waals surface area contributed by atoms with Crippen LogP contribution in [-0.4, -0.2) is 65.0 Å². The minimum atomic E-state index is -4.58. The van der Waals surface area contributed by atoms with Gasteiger partial charge in [-0.15, -0.1) is 10.2 Å². The van der Waals surface area contributed by atoms with Crippen molar-refractivity contribution in [3.8, 4) is 0 Å². The van der Waals surface area contributed by atoms with Crippen LogP contribution in [0.5, 0.6) is 0 Å². The van der Waals surface area contributed by atoms with Gasteiger partial charge in [0.1, 0.15) is 24.0 Å². The number of amides is 2.